The zero-order chi connectivity index (χ0) is 14.1. The summed E-state index contributed by atoms with van der Waals surface area (Å²) < 4.78 is 0. The molecule has 0 unspecified atom stereocenters. The molecule has 0 fully saturated rings. The van der Waals surface area contributed by atoms with Gasteiger partial charge < -0.3 is 0 Å². The Morgan fingerprint density at radius 3 is 3.00 bits per heavy atom. The van der Waals surface area contributed by atoms with Gasteiger partial charge in [-0.15, -0.1) is 11.3 Å². The lowest BCUT2D eigenvalue weighted by Gasteiger charge is -2.21. The molecule has 1 atom stereocenters. The van der Waals surface area contributed by atoms with E-state index in [0.717, 1.165) is 5.69 Å². The highest BCUT2D eigenvalue weighted by Crippen LogP contribution is 2.34. The maximum Gasteiger partial charge on any atom is 0.229 e. The van der Waals surface area contributed by atoms with Crippen LogP contribution in [0, 0.1) is 0 Å². The molecular weight excluding hydrogens is 274 g/mol. The minimum Gasteiger partial charge on any atom is -0.295 e. The number of carbonyl (C=O) groups is 2. The number of rotatable bonds is 2. The second kappa shape index (κ2) is 5.13. The first-order valence-corrected chi connectivity index (χ1v) is 7.21. The third kappa shape index (κ3) is 2.46. The van der Waals surface area contributed by atoms with Gasteiger partial charge >= 0.3 is 0 Å². The van der Waals surface area contributed by atoms with E-state index in [1.165, 1.54) is 18.0 Å². The Kier molecular flexibility index (Phi) is 3.31. The molecule has 20 heavy (non-hydrogen) atoms. The molecule has 0 spiro atoms. The second-order valence-electron chi connectivity index (χ2n) is 4.78. The highest BCUT2D eigenvalue weighted by atomic mass is 32.1. The lowest BCUT2D eigenvalue weighted by atomic mass is 9.86. The molecule has 6 heteroatoms. The summed E-state index contributed by atoms with van der Waals surface area (Å²) in [4.78, 5) is 32.7. The molecule has 3 rings (SSSR count). The number of anilines is 1. The second-order valence-corrected chi connectivity index (χ2v) is 5.76. The van der Waals surface area contributed by atoms with Crippen LogP contribution in [-0.4, -0.2) is 21.7 Å². The van der Waals surface area contributed by atoms with Crippen molar-refractivity contribution in [3.63, 3.8) is 0 Å². The number of carbonyl (C=O) groups excluding carboxylic acids is 2. The summed E-state index contributed by atoms with van der Waals surface area (Å²) in [6, 6.07) is 4.03. The van der Waals surface area contributed by atoms with Crippen molar-refractivity contribution in [2.75, 3.05) is 5.32 Å². The fraction of sp³-hybridized carbons (Fsp3) is 0.286. The molecule has 0 bridgehead atoms. The molecule has 2 aromatic rings. The van der Waals surface area contributed by atoms with Gasteiger partial charge in [-0.2, -0.15) is 0 Å². The number of nitrogens with zero attached hydrogens (tertiary/aromatic N) is 2. The number of amides is 1. The summed E-state index contributed by atoms with van der Waals surface area (Å²) in [5.74, 6) is 0.284. The molecule has 5 nitrogen and oxygen atoms in total. The largest absolute Gasteiger partial charge is 0.295 e. The van der Waals surface area contributed by atoms with Crippen LogP contribution in [0.5, 0.6) is 0 Å². The Bertz CT molecular complexity index is 667. The van der Waals surface area contributed by atoms with E-state index >= 15 is 0 Å². The predicted molar refractivity (Wildman–Crippen MR) is 76.0 cm³/mol. The first-order valence-electron chi connectivity index (χ1n) is 6.33. The molecule has 0 aromatic carbocycles. The summed E-state index contributed by atoms with van der Waals surface area (Å²) in [5.41, 5.74) is 1.30. The highest BCUT2D eigenvalue weighted by Gasteiger charge is 2.28. The third-order valence-corrected chi connectivity index (χ3v) is 4.31. The number of ketones is 1. The number of Topliss-reactive ketones (excluding diaryl/α,β-unsaturated/α-hetero) is 1. The summed E-state index contributed by atoms with van der Waals surface area (Å²) in [7, 11) is 0. The molecular formula is C14H13N3O2S. The molecule has 0 saturated carbocycles. The van der Waals surface area contributed by atoms with Crippen molar-refractivity contribution in [2.24, 2.45) is 0 Å². The van der Waals surface area contributed by atoms with Gasteiger partial charge in [0.1, 0.15) is 0 Å². The molecule has 0 radical (unpaired) electrons. The topological polar surface area (TPSA) is 72.0 Å². The van der Waals surface area contributed by atoms with Crippen LogP contribution in [0.1, 0.15) is 40.2 Å². The van der Waals surface area contributed by atoms with Gasteiger partial charge in [0.2, 0.25) is 11.9 Å². The van der Waals surface area contributed by atoms with Crippen molar-refractivity contribution in [3.8, 4) is 0 Å². The number of fused-ring (bicyclic) bond motifs is 1. The Hall–Kier alpha value is -2.08. The molecule has 0 saturated heterocycles. The van der Waals surface area contributed by atoms with Crippen LogP contribution in [0.2, 0.25) is 0 Å². The van der Waals surface area contributed by atoms with E-state index in [4.69, 9.17) is 0 Å². The maximum absolute atomic E-state index is 12.2. The number of aromatic nitrogens is 2. The fourth-order valence-corrected chi connectivity index (χ4v) is 3.22. The van der Waals surface area contributed by atoms with Crippen LogP contribution in [0.4, 0.5) is 5.95 Å². The minimum absolute atomic E-state index is 0.0685. The third-order valence-electron chi connectivity index (χ3n) is 3.27. The van der Waals surface area contributed by atoms with Crippen molar-refractivity contribution in [3.05, 3.63) is 39.8 Å². The van der Waals surface area contributed by atoms with Gasteiger partial charge in [0.15, 0.2) is 5.78 Å². The van der Waals surface area contributed by atoms with Crippen LogP contribution >= 0.6 is 11.3 Å². The van der Waals surface area contributed by atoms with Gasteiger partial charge in [-0.25, -0.2) is 9.97 Å². The molecule has 0 aliphatic heterocycles. The average molecular weight is 287 g/mol. The Morgan fingerprint density at radius 2 is 2.30 bits per heavy atom. The number of hydrogen-bond acceptors (Lipinski definition) is 5. The summed E-state index contributed by atoms with van der Waals surface area (Å²) in [6.07, 6.45) is 2.72. The molecule has 1 N–H and O–H groups in total. The molecule has 102 valence electrons. The van der Waals surface area contributed by atoms with Crippen molar-refractivity contribution >= 4 is 29.0 Å². The van der Waals surface area contributed by atoms with Crippen LogP contribution < -0.4 is 5.32 Å². The highest BCUT2D eigenvalue weighted by molar-refractivity contribution is 7.10. The summed E-state index contributed by atoms with van der Waals surface area (Å²) in [5, 5.41) is 4.56. The molecule has 1 aliphatic carbocycles. The lowest BCUT2D eigenvalue weighted by molar-refractivity contribution is -0.114. The predicted octanol–water partition coefficient (Wildman–Crippen LogP) is 2.41. The Balaban J connectivity index is 1.92. The van der Waals surface area contributed by atoms with Gasteiger partial charge in [0.25, 0.3) is 0 Å². The number of nitrogens with one attached hydrogen (secondary N) is 1. The minimum atomic E-state index is -0.220. The van der Waals surface area contributed by atoms with Gasteiger partial charge in [-0.3, -0.25) is 14.9 Å². The SMILES string of the molecule is CC(=O)Nc1ncc2c(n1)C[C@H](c1cccs1)CC2=O. The van der Waals surface area contributed by atoms with Gasteiger partial charge in [0, 0.05) is 30.3 Å². The lowest BCUT2D eigenvalue weighted by Crippen LogP contribution is -2.21. The average Bonchev–Trinajstić information content (AvgIpc) is 2.91. The quantitative estimate of drug-likeness (QED) is 0.920. The van der Waals surface area contributed by atoms with E-state index in [1.807, 2.05) is 17.5 Å². The van der Waals surface area contributed by atoms with Crippen molar-refractivity contribution < 1.29 is 9.59 Å². The van der Waals surface area contributed by atoms with E-state index in [9.17, 15) is 9.59 Å². The van der Waals surface area contributed by atoms with E-state index in [1.54, 1.807) is 11.3 Å². The Labute approximate surface area is 120 Å². The Morgan fingerprint density at radius 1 is 1.45 bits per heavy atom. The zero-order valence-corrected chi connectivity index (χ0v) is 11.7. The van der Waals surface area contributed by atoms with E-state index in [-0.39, 0.29) is 23.6 Å². The number of hydrogen-bond donors (Lipinski definition) is 1. The van der Waals surface area contributed by atoms with Crippen LogP contribution in [0.25, 0.3) is 0 Å². The van der Waals surface area contributed by atoms with E-state index in [0.29, 0.717) is 18.4 Å². The van der Waals surface area contributed by atoms with Crippen LogP contribution in [0.15, 0.2) is 23.7 Å². The van der Waals surface area contributed by atoms with Gasteiger partial charge in [0.05, 0.1) is 11.3 Å². The van der Waals surface area contributed by atoms with Crippen LogP contribution in [-0.2, 0) is 11.2 Å². The first kappa shape index (κ1) is 12.9. The summed E-state index contributed by atoms with van der Waals surface area (Å²) in [6.45, 7) is 1.41. The first-order chi connectivity index (χ1) is 9.63. The summed E-state index contributed by atoms with van der Waals surface area (Å²) >= 11 is 1.66. The van der Waals surface area contributed by atoms with E-state index in [2.05, 4.69) is 15.3 Å². The standard InChI is InChI=1S/C14H13N3O2S/c1-8(18)16-14-15-7-10-11(17-14)5-9(6-12(10)19)13-3-2-4-20-13/h2-4,7,9H,5-6H2,1H3,(H,15,16,17,18)/t9-/m0/s1. The zero-order valence-electron chi connectivity index (χ0n) is 10.9. The maximum atomic E-state index is 12.2. The van der Waals surface area contributed by atoms with Crippen molar-refractivity contribution in [1.82, 2.24) is 9.97 Å². The van der Waals surface area contributed by atoms with E-state index < -0.39 is 0 Å². The normalized spacial score (nSPS) is 17.6. The molecule has 2 aromatic heterocycles. The molecule has 2 heterocycles. The molecule has 1 amide bonds. The monoisotopic (exact) mass is 287 g/mol. The molecule has 1 aliphatic rings. The van der Waals surface area contributed by atoms with Crippen molar-refractivity contribution in [1.29, 1.82) is 0 Å². The smallest absolute Gasteiger partial charge is 0.229 e. The van der Waals surface area contributed by atoms with Crippen LogP contribution in [0.3, 0.4) is 0 Å². The van der Waals surface area contributed by atoms with Crippen molar-refractivity contribution in [2.45, 2.75) is 25.7 Å². The van der Waals surface area contributed by atoms with Gasteiger partial charge in [-0.1, -0.05) is 6.07 Å². The fourth-order valence-electron chi connectivity index (χ4n) is 2.39. The number of thiophene rings is 1. The van der Waals surface area contributed by atoms with Gasteiger partial charge in [-0.05, 0) is 17.9 Å².